The summed E-state index contributed by atoms with van der Waals surface area (Å²) in [4.78, 5) is 13.1. The lowest BCUT2D eigenvalue weighted by Gasteiger charge is -2.41. The Labute approximate surface area is 151 Å². The molecule has 1 aliphatic carbocycles. The van der Waals surface area contributed by atoms with E-state index in [-0.39, 0.29) is 24.9 Å². The zero-order valence-corrected chi connectivity index (χ0v) is 16.1. The minimum Gasteiger partial charge on any atom is -0.368 e. The number of nitrogens with zero attached hydrogens (tertiary/aromatic N) is 1. The van der Waals surface area contributed by atoms with Crippen LogP contribution in [0, 0.1) is 23.7 Å². The number of aliphatic hydroxyl groups is 2. The van der Waals surface area contributed by atoms with E-state index in [0.717, 1.165) is 19.3 Å². The fraction of sp³-hybridized carbons (Fsp3) is 0.947. The molecule has 0 aromatic carbocycles. The fourth-order valence-corrected chi connectivity index (χ4v) is 4.32. The van der Waals surface area contributed by atoms with E-state index < -0.39 is 12.1 Å². The minimum atomic E-state index is -1.03. The lowest BCUT2D eigenvalue weighted by atomic mass is 9.66. The van der Waals surface area contributed by atoms with Gasteiger partial charge in [0, 0.05) is 26.4 Å². The van der Waals surface area contributed by atoms with Crippen LogP contribution in [-0.2, 0) is 14.3 Å². The third-order valence-electron chi connectivity index (χ3n) is 6.06. The van der Waals surface area contributed by atoms with E-state index in [1.165, 1.54) is 11.3 Å². The van der Waals surface area contributed by atoms with Crippen LogP contribution in [-0.4, -0.2) is 60.4 Å². The summed E-state index contributed by atoms with van der Waals surface area (Å²) in [6, 6.07) is 0. The Balaban J connectivity index is 1.90. The quantitative estimate of drug-likeness (QED) is 0.711. The molecule has 0 aromatic rings. The van der Waals surface area contributed by atoms with E-state index in [0.29, 0.717) is 30.8 Å². The van der Waals surface area contributed by atoms with Crippen molar-refractivity contribution in [3.05, 3.63) is 0 Å². The first-order valence-corrected chi connectivity index (χ1v) is 9.57. The molecule has 1 saturated heterocycles. The maximum absolute atomic E-state index is 11.6. The average Bonchev–Trinajstić information content (AvgIpc) is 2.72. The van der Waals surface area contributed by atoms with Gasteiger partial charge in [0.2, 0.25) is 5.91 Å². The maximum atomic E-state index is 11.6. The van der Waals surface area contributed by atoms with Crippen molar-refractivity contribution in [2.24, 2.45) is 23.7 Å². The number of hydrogen-bond donors (Lipinski definition) is 2. The van der Waals surface area contributed by atoms with Gasteiger partial charge in [-0.3, -0.25) is 4.79 Å². The van der Waals surface area contributed by atoms with Crippen molar-refractivity contribution in [3.63, 3.8) is 0 Å². The molecule has 2 aliphatic rings. The smallest absolute Gasteiger partial charge is 0.224 e. The van der Waals surface area contributed by atoms with Crippen molar-refractivity contribution in [3.8, 4) is 0 Å². The first-order chi connectivity index (χ1) is 11.7. The Morgan fingerprint density at radius 2 is 2.08 bits per heavy atom. The van der Waals surface area contributed by atoms with Crippen molar-refractivity contribution in [2.75, 3.05) is 27.3 Å². The van der Waals surface area contributed by atoms with Gasteiger partial charge in [0.15, 0.2) is 12.1 Å². The molecule has 0 bridgehead atoms. The van der Waals surface area contributed by atoms with E-state index >= 15 is 0 Å². The van der Waals surface area contributed by atoms with E-state index in [1.54, 1.807) is 21.0 Å². The fourth-order valence-electron chi connectivity index (χ4n) is 4.32. The van der Waals surface area contributed by atoms with Gasteiger partial charge in [0.1, 0.15) is 0 Å². The normalized spacial score (nSPS) is 35.4. The van der Waals surface area contributed by atoms with Crippen LogP contribution >= 0.6 is 0 Å². The van der Waals surface area contributed by atoms with E-state index in [4.69, 9.17) is 9.47 Å². The minimum absolute atomic E-state index is 0.00279. The number of hydrogen-bond acceptors (Lipinski definition) is 5. The molecule has 1 saturated carbocycles. The first kappa shape index (κ1) is 20.6. The molecule has 2 rings (SSSR count). The molecule has 1 amide bonds. The molecular weight excluding hydrogens is 322 g/mol. The zero-order valence-electron chi connectivity index (χ0n) is 16.1. The Kier molecular flexibility index (Phi) is 7.26. The number of aliphatic hydroxyl groups excluding tert-OH is 1. The van der Waals surface area contributed by atoms with Gasteiger partial charge in [-0.2, -0.15) is 0 Å². The average molecular weight is 357 g/mol. The van der Waals surface area contributed by atoms with Gasteiger partial charge in [-0.1, -0.05) is 19.8 Å². The molecule has 1 heterocycles. The molecule has 6 atom stereocenters. The van der Waals surface area contributed by atoms with Crippen molar-refractivity contribution >= 4 is 5.91 Å². The number of carbonyl (C=O) groups is 1. The molecule has 6 nitrogen and oxygen atoms in total. The summed E-state index contributed by atoms with van der Waals surface area (Å²) in [6.45, 7) is 4.53. The third kappa shape index (κ3) is 5.64. The second-order valence-corrected chi connectivity index (χ2v) is 8.20. The van der Waals surface area contributed by atoms with Crippen LogP contribution in [0.1, 0.15) is 52.4 Å². The van der Waals surface area contributed by atoms with Crippen LogP contribution in [0.4, 0.5) is 0 Å². The van der Waals surface area contributed by atoms with Gasteiger partial charge in [0.25, 0.3) is 0 Å². The van der Waals surface area contributed by atoms with Crippen molar-refractivity contribution in [1.29, 1.82) is 0 Å². The zero-order chi connectivity index (χ0) is 18.6. The second-order valence-electron chi connectivity index (χ2n) is 8.20. The third-order valence-corrected chi connectivity index (χ3v) is 6.06. The van der Waals surface area contributed by atoms with Gasteiger partial charge in [0.05, 0.1) is 19.6 Å². The van der Waals surface area contributed by atoms with Crippen LogP contribution < -0.4 is 0 Å². The molecule has 0 radical (unpaired) electrons. The Morgan fingerprint density at radius 3 is 2.76 bits per heavy atom. The largest absolute Gasteiger partial charge is 0.368 e. The van der Waals surface area contributed by atoms with E-state index in [9.17, 15) is 15.0 Å². The summed E-state index contributed by atoms with van der Waals surface area (Å²) in [7, 11) is 3.43. The number of ether oxygens (including phenoxy) is 2. The first-order valence-electron chi connectivity index (χ1n) is 9.57. The van der Waals surface area contributed by atoms with Crippen LogP contribution in [0.15, 0.2) is 0 Å². The number of fused-ring (bicyclic) bond motifs is 1. The molecule has 2 N–H and O–H groups in total. The standard InChI is InChI=1S/C19H35NO5/c1-13(18(22)24-11-9-17(21)20(3)4)15-7-5-6-14-8-10-19(2,23)25-12-16(14)15/h13-16,18,22-23H,5-12H2,1-4H3/t13-,14?,15?,16?,18?,19+/m1/s1. The highest BCUT2D eigenvalue weighted by Crippen LogP contribution is 2.45. The van der Waals surface area contributed by atoms with Crippen LogP contribution in [0.5, 0.6) is 0 Å². The van der Waals surface area contributed by atoms with E-state index in [2.05, 4.69) is 0 Å². The van der Waals surface area contributed by atoms with Crippen LogP contribution in [0.3, 0.4) is 0 Å². The lowest BCUT2D eigenvalue weighted by Crippen LogP contribution is -2.40. The number of amides is 1. The Bertz CT molecular complexity index is 440. The van der Waals surface area contributed by atoms with Gasteiger partial charge in [-0.15, -0.1) is 0 Å². The molecule has 1 aliphatic heterocycles. The van der Waals surface area contributed by atoms with Gasteiger partial charge < -0.3 is 24.6 Å². The Hall–Kier alpha value is -0.690. The molecule has 0 spiro atoms. The van der Waals surface area contributed by atoms with Crippen LogP contribution in [0.25, 0.3) is 0 Å². The second kappa shape index (κ2) is 8.80. The predicted octanol–water partition coefficient (Wildman–Crippen LogP) is 1.99. The monoisotopic (exact) mass is 357 g/mol. The van der Waals surface area contributed by atoms with Crippen molar-refractivity contribution in [1.82, 2.24) is 4.90 Å². The Morgan fingerprint density at radius 1 is 1.36 bits per heavy atom. The van der Waals surface area contributed by atoms with Gasteiger partial charge >= 0.3 is 0 Å². The highest BCUT2D eigenvalue weighted by atomic mass is 16.6. The highest BCUT2D eigenvalue weighted by Gasteiger charge is 2.42. The molecule has 146 valence electrons. The number of rotatable bonds is 6. The summed E-state index contributed by atoms with van der Waals surface area (Å²) in [5.41, 5.74) is 0. The predicted molar refractivity (Wildman–Crippen MR) is 94.6 cm³/mol. The van der Waals surface area contributed by atoms with Crippen molar-refractivity contribution in [2.45, 2.75) is 64.4 Å². The lowest BCUT2D eigenvalue weighted by molar-refractivity contribution is -0.200. The summed E-state index contributed by atoms with van der Waals surface area (Å²) in [5.74, 6) is 0.141. The molecule has 4 unspecified atom stereocenters. The maximum Gasteiger partial charge on any atom is 0.224 e. The van der Waals surface area contributed by atoms with Crippen LogP contribution in [0.2, 0.25) is 0 Å². The SMILES string of the molecule is C[C@@H](C(O)OCCC(=O)N(C)C)C1CCCC2CC[C@@](C)(O)OCC21. The van der Waals surface area contributed by atoms with Crippen molar-refractivity contribution < 1.29 is 24.5 Å². The highest BCUT2D eigenvalue weighted by molar-refractivity contribution is 5.75. The molecular formula is C19H35NO5. The van der Waals surface area contributed by atoms with Gasteiger partial charge in [-0.05, 0) is 37.5 Å². The molecule has 25 heavy (non-hydrogen) atoms. The summed E-state index contributed by atoms with van der Waals surface area (Å²) < 4.78 is 11.3. The van der Waals surface area contributed by atoms with Gasteiger partial charge in [-0.25, -0.2) is 0 Å². The summed E-state index contributed by atoms with van der Waals surface area (Å²) in [6.07, 6.45) is 4.40. The summed E-state index contributed by atoms with van der Waals surface area (Å²) >= 11 is 0. The van der Waals surface area contributed by atoms with E-state index in [1.807, 2.05) is 6.92 Å². The summed E-state index contributed by atoms with van der Waals surface area (Å²) in [5, 5.41) is 20.7. The molecule has 6 heteroatoms. The molecule has 0 aromatic heterocycles. The number of carbonyl (C=O) groups excluding carboxylic acids is 1. The molecule has 2 fully saturated rings. The topological polar surface area (TPSA) is 79.2 Å².